The van der Waals surface area contributed by atoms with E-state index in [0.29, 0.717) is 34.0 Å². The van der Waals surface area contributed by atoms with Crippen LogP contribution < -0.4 is 0 Å². The highest BCUT2D eigenvalue weighted by molar-refractivity contribution is 5.69. The topological polar surface area (TPSA) is 26.3 Å². The molecular formula is C46H80O2. The minimum atomic E-state index is 0.0411. The van der Waals surface area contributed by atoms with E-state index in [0.717, 1.165) is 36.5 Å². The van der Waals surface area contributed by atoms with Gasteiger partial charge in [-0.1, -0.05) is 138 Å². The van der Waals surface area contributed by atoms with E-state index in [-0.39, 0.29) is 17.5 Å². The maximum Gasteiger partial charge on any atom is 0.306 e. The number of carbonyl (C=O) groups is 1. The van der Waals surface area contributed by atoms with E-state index in [4.69, 9.17) is 4.74 Å². The first-order chi connectivity index (χ1) is 22.7. The Morgan fingerprint density at radius 1 is 0.646 bits per heavy atom. The number of carbonyl (C=O) groups excluding carboxylic acids is 1. The fourth-order valence-corrected chi connectivity index (χ4v) is 14.2. The van der Waals surface area contributed by atoms with Gasteiger partial charge in [-0.2, -0.15) is 0 Å². The number of ether oxygens (including phenoxy) is 1. The van der Waals surface area contributed by atoms with Gasteiger partial charge in [-0.25, -0.2) is 0 Å². The zero-order valence-corrected chi connectivity index (χ0v) is 33.5. The molecule has 0 aromatic carbocycles. The molecule has 5 aliphatic carbocycles. The van der Waals surface area contributed by atoms with Crippen molar-refractivity contribution in [3.05, 3.63) is 12.2 Å². The third-order valence-electron chi connectivity index (χ3n) is 17.2. The molecule has 0 bridgehead atoms. The molecule has 10 atom stereocenters. The molecule has 5 fully saturated rings. The number of allylic oxidation sites excluding steroid dienone is 1. The van der Waals surface area contributed by atoms with Crippen molar-refractivity contribution in [1.82, 2.24) is 0 Å². The van der Waals surface area contributed by atoms with E-state index in [2.05, 4.69) is 62.0 Å². The van der Waals surface area contributed by atoms with Gasteiger partial charge in [0.2, 0.25) is 0 Å². The number of rotatable bonds is 16. The lowest BCUT2D eigenvalue weighted by Crippen LogP contribution is -2.66. The van der Waals surface area contributed by atoms with E-state index in [1.165, 1.54) is 140 Å². The molecule has 0 amide bonds. The summed E-state index contributed by atoms with van der Waals surface area (Å²) in [4.78, 5) is 13.2. The van der Waals surface area contributed by atoms with E-state index in [1.807, 2.05) is 0 Å². The molecule has 0 heterocycles. The van der Waals surface area contributed by atoms with Crippen molar-refractivity contribution < 1.29 is 9.53 Å². The second kappa shape index (κ2) is 15.4. The van der Waals surface area contributed by atoms with Gasteiger partial charge in [-0.05, 0) is 129 Å². The third kappa shape index (κ3) is 7.14. The van der Waals surface area contributed by atoms with Crippen LogP contribution in [0.1, 0.15) is 209 Å². The van der Waals surface area contributed by atoms with Gasteiger partial charge in [0.25, 0.3) is 0 Å². The van der Waals surface area contributed by atoms with Crippen LogP contribution in [0.4, 0.5) is 0 Å². The van der Waals surface area contributed by atoms with Crippen LogP contribution in [-0.2, 0) is 9.53 Å². The first kappa shape index (κ1) is 38.4. The van der Waals surface area contributed by atoms with Crippen LogP contribution in [0.25, 0.3) is 0 Å². The predicted octanol–water partition coefficient (Wildman–Crippen LogP) is 14.1. The van der Waals surface area contributed by atoms with Crippen LogP contribution in [0.5, 0.6) is 0 Å². The third-order valence-corrected chi connectivity index (χ3v) is 17.2. The molecule has 2 heteroatoms. The van der Waals surface area contributed by atoms with Crippen LogP contribution in [0.15, 0.2) is 12.2 Å². The van der Waals surface area contributed by atoms with Crippen LogP contribution >= 0.6 is 0 Å². The summed E-state index contributed by atoms with van der Waals surface area (Å²) in [6.07, 6.45) is 31.4. The van der Waals surface area contributed by atoms with E-state index < -0.39 is 0 Å². The highest BCUT2D eigenvalue weighted by Gasteiger charge is 2.70. The number of fused-ring (bicyclic) bond motifs is 7. The Balaban J connectivity index is 1.11. The molecule has 0 spiro atoms. The average molecular weight is 665 g/mol. The highest BCUT2D eigenvalue weighted by atomic mass is 16.5. The monoisotopic (exact) mass is 665 g/mol. The molecule has 0 aliphatic heterocycles. The molecule has 276 valence electrons. The normalized spacial score (nSPS) is 41.5. The summed E-state index contributed by atoms with van der Waals surface area (Å²) < 4.78 is 6.42. The van der Waals surface area contributed by atoms with Gasteiger partial charge < -0.3 is 4.74 Å². The van der Waals surface area contributed by atoms with E-state index in [9.17, 15) is 4.79 Å². The Kier molecular flexibility index (Phi) is 12.4. The smallest absolute Gasteiger partial charge is 0.306 e. The van der Waals surface area contributed by atoms with Gasteiger partial charge >= 0.3 is 5.97 Å². The van der Waals surface area contributed by atoms with Crippen LogP contribution in [0, 0.1) is 56.7 Å². The summed E-state index contributed by atoms with van der Waals surface area (Å²) in [5.41, 5.74) is 3.19. The summed E-state index contributed by atoms with van der Waals surface area (Å²) in [6, 6.07) is 0. The standard InChI is InChI=1S/C46H80O2/c1-10-11-12-13-14-15-16-17-18-19-20-21-22-23-40(47)48-39-28-30-44(7)37(42(39,4)5)27-31-46(9)38(44)25-24-36-41-35(34(2)3)26-29-43(41,6)32-33-45(36,46)8/h35-39,41H,2,10-33H2,1,3-9H3/t35-,36+,37-,38+,39-,41?,43+,44-,45+,46+/m0/s1. The second-order valence-electron chi connectivity index (χ2n) is 20.2. The van der Waals surface area contributed by atoms with Crippen molar-refractivity contribution in [2.24, 2.45) is 56.7 Å². The largest absolute Gasteiger partial charge is 0.462 e. The fraction of sp³-hybridized carbons (Fsp3) is 0.935. The number of unbranched alkanes of at least 4 members (excludes halogenated alkanes) is 12. The quantitative estimate of drug-likeness (QED) is 0.0932. The summed E-state index contributed by atoms with van der Waals surface area (Å²) in [7, 11) is 0. The molecule has 48 heavy (non-hydrogen) atoms. The predicted molar refractivity (Wildman–Crippen MR) is 205 cm³/mol. The zero-order chi connectivity index (χ0) is 34.8. The minimum Gasteiger partial charge on any atom is -0.462 e. The summed E-state index contributed by atoms with van der Waals surface area (Å²) in [5.74, 6) is 3.89. The Labute approximate surface area is 299 Å². The molecule has 5 rings (SSSR count). The van der Waals surface area contributed by atoms with Crippen LogP contribution in [0.3, 0.4) is 0 Å². The van der Waals surface area contributed by atoms with E-state index >= 15 is 0 Å². The summed E-state index contributed by atoms with van der Waals surface area (Å²) in [6.45, 7) is 25.0. The first-order valence-electron chi connectivity index (χ1n) is 21.6. The number of hydrogen-bond donors (Lipinski definition) is 0. The average Bonchev–Trinajstić information content (AvgIpc) is 3.39. The van der Waals surface area contributed by atoms with Crippen molar-refractivity contribution in [3.8, 4) is 0 Å². The zero-order valence-electron chi connectivity index (χ0n) is 33.5. The molecule has 2 nitrogen and oxygen atoms in total. The van der Waals surface area contributed by atoms with E-state index in [1.54, 1.807) is 0 Å². The summed E-state index contributed by atoms with van der Waals surface area (Å²) in [5, 5.41) is 0. The molecule has 5 saturated carbocycles. The minimum absolute atomic E-state index is 0.0411. The lowest BCUT2D eigenvalue weighted by atomic mass is 9.32. The van der Waals surface area contributed by atoms with Gasteiger partial charge in [0.05, 0.1) is 0 Å². The molecule has 0 radical (unpaired) electrons. The van der Waals surface area contributed by atoms with Crippen molar-refractivity contribution in [2.75, 3.05) is 0 Å². The van der Waals surface area contributed by atoms with Gasteiger partial charge in [-0.15, -0.1) is 0 Å². The summed E-state index contributed by atoms with van der Waals surface area (Å²) >= 11 is 0. The molecular weight excluding hydrogens is 585 g/mol. The van der Waals surface area contributed by atoms with Crippen molar-refractivity contribution in [2.45, 2.75) is 216 Å². The maximum absolute atomic E-state index is 13.2. The Bertz CT molecular complexity index is 1090. The molecule has 0 saturated heterocycles. The van der Waals surface area contributed by atoms with Crippen molar-refractivity contribution >= 4 is 5.97 Å². The molecule has 5 aliphatic rings. The molecule has 0 N–H and O–H groups in total. The van der Waals surface area contributed by atoms with Crippen LogP contribution in [-0.4, -0.2) is 12.1 Å². The SMILES string of the molecule is C=C(C)[C@@H]1CC[C@]2(C)CC[C@]3(C)[C@H](CC[C@@H]4[C@@]5(C)CC[C@H](OC(=O)CCCCCCCCCCCCCCC)C(C)(C)[C@@H]5CC[C@]43C)C12. The van der Waals surface area contributed by atoms with Gasteiger partial charge in [0.1, 0.15) is 6.10 Å². The fourth-order valence-electron chi connectivity index (χ4n) is 14.2. The number of hydrogen-bond acceptors (Lipinski definition) is 2. The second-order valence-corrected chi connectivity index (χ2v) is 20.2. The molecule has 1 unspecified atom stereocenters. The lowest BCUT2D eigenvalue weighted by molar-refractivity contribution is -0.249. The Morgan fingerprint density at radius 3 is 1.85 bits per heavy atom. The van der Waals surface area contributed by atoms with Crippen molar-refractivity contribution in [3.63, 3.8) is 0 Å². The number of esters is 1. The van der Waals surface area contributed by atoms with Gasteiger partial charge in [-0.3, -0.25) is 4.79 Å². The Morgan fingerprint density at radius 2 is 1.25 bits per heavy atom. The van der Waals surface area contributed by atoms with Gasteiger partial charge in [0.15, 0.2) is 0 Å². The maximum atomic E-state index is 13.2. The lowest BCUT2D eigenvalue weighted by Gasteiger charge is -2.73. The van der Waals surface area contributed by atoms with Crippen molar-refractivity contribution in [1.29, 1.82) is 0 Å². The highest BCUT2D eigenvalue weighted by Crippen LogP contribution is 2.77. The van der Waals surface area contributed by atoms with Crippen LogP contribution in [0.2, 0.25) is 0 Å². The molecule has 0 aromatic heterocycles. The molecule has 0 aromatic rings. The first-order valence-corrected chi connectivity index (χ1v) is 21.6. The van der Waals surface area contributed by atoms with Gasteiger partial charge in [0, 0.05) is 11.8 Å². The Hall–Kier alpha value is -0.790.